The first-order chi connectivity index (χ1) is 10.3. The van der Waals surface area contributed by atoms with Crippen LogP contribution in [-0.2, 0) is 4.74 Å². The molecule has 0 aromatic carbocycles. The van der Waals surface area contributed by atoms with Crippen molar-refractivity contribution in [3.63, 3.8) is 0 Å². The Hall–Kier alpha value is -2.20. The summed E-state index contributed by atoms with van der Waals surface area (Å²) in [6.07, 6.45) is 5.40. The summed E-state index contributed by atoms with van der Waals surface area (Å²) in [5.74, 6) is 2.54. The lowest BCUT2D eigenvalue weighted by molar-refractivity contribution is -0.0465. The molecule has 110 valence electrons. The summed E-state index contributed by atoms with van der Waals surface area (Å²) >= 11 is 0. The van der Waals surface area contributed by atoms with Crippen molar-refractivity contribution in [2.45, 2.75) is 38.5 Å². The Labute approximate surface area is 122 Å². The van der Waals surface area contributed by atoms with Crippen molar-refractivity contribution in [1.82, 2.24) is 19.5 Å². The molecule has 1 aliphatic rings. The molecule has 3 rings (SSSR count). The van der Waals surface area contributed by atoms with Gasteiger partial charge in [0.25, 0.3) is 0 Å². The Balaban J connectivity index is 2.14. The summed E-state index contributed by atoms with van der Waals surface area (Å²) in [5.41, 5.74) is 5.16. The molecule has 0 unspecified atom stereocenters. The maximum absolute atomic E-state index is 13.5. The molecule has 1 saturated heterocycles. The van der Waals surface area contributed by atoms with E-state index in [1.54, 1.807) is 0 Å². The average molecular weight is 290 g/mol. The summed E-state index contributed by atoms with van der Waals surface area (Å²) < 4.78 is 29.4. The van der Waals surface area contributed by atoms with Crippen LogP contribution >= 0.6 is 0 Å². The summed E-state index contributed by atoms with van der Waals surface area (Å²) in [4.78, 5) is 11.2. The van der Waals surface area contributed by atoms with Gasteiger partial charge in [-0.25, -0.2) is 4.98 Å². The second-order valence-corrected chi connectivity index (χ2v) is 5.15. The van der Waals surface area contributed by atoms with E-state index in [1.165, 1.54) is 10.9 Å². The molecular formula is C14H16FN5O. The van der Waals surface area contributed by atoms with Gasteiger partial charge in [0.1, 0.15) is 11.8 Å². The minimum absolute atomic E-state index is 0.0403. The predicted octanol–water partition coefficient (Wildman–Crippen LogP) is 1.88. The van der Waals surface area contributed by atoms with Crippen LogP contribution in [0, 0.1) is 24.3 Å². The van der Waals surface area contributed by atoms with Gasteiger partial charge in [-0.1, -0.05) is 19.8 Å². The number of nitrogens with zero attached hydrogens (tertiary/aromatic N) is 4. The van der Waals surface area contributed by atoms with Crippen molar-refractivity contribution in [3.05, 3.63) is 12.4 Å². The first-order valence-electron chi connectivity index (χ1n) is 7.19. The van der Waals surface area contributed by atoms with Crippen molar-refractivity contribution in [2.75, 3.05) is 5.73 Å². The number of aromatic nitrogens is 4. The Morgan fingerprint density at radius 3 is 3.10 bits per heavy atom. The highest BCUT2D eigenvalue weighted by Gasteiger charge is 2.44. The number of hydrogen-bond acceptors (Lipinski definition) is 5. The van der Waals surface area contributed by atoms with Gasteiger partial charge in [0.2, 0.25) is 0 Å². The van der Waals surface area contributed by atoms with Crippen molar-refractivity contribution >= 4 is 17.0 Å². The average Bonchev–Trinajstić information content (AvgIpc) is 2.99. The fourth-order valence-corrected chi connectivity index (χ4v) is 2.70. The fraction of sp³-hybridized carbons (Fsp3) is 0.500. The van der Waals surface area contributed by atoms with E-state index in [1.807, 2.05) is 13.8 Å². The lowest BCUT2D eigenvalue weighted by Gasteiger charge is -2.25. The Kier molecular flexibility index (Phi) is 2.79. The van der Waals surface area contributed by atoms with Crippen molar-refractivity contribution < 1.29 is 10.5 Å². The molecule has 2 aromatic heterocycles. The molecule has 0 radical (unpaired) electrons. The third kappa shape index (κ3) is 1.94. The Morgan fingerprint density at radius 2 is 2.48 bits per heavy atom. The highest BCUT2D eigenvalue weighted by Crippen LogP contribution is 2.43. The van der Waals surface area contributed by atoms with Crippen LogP contribution in [0.1, 0.15) is 34.3 Å². The van der Waals surface area contributed by atoms with Gasteiger partial charge < -0.3 is 10.5 Å². The SMILES string of the molecule is [2H][C@]1(n2cnc3c(N)nc(F)nc32)C[C@H](C)[C@@](C#C)(CC)O1. The highest BCUT2D eigenvalue weighted by atomic mass is 19.1. The minimum Gasteiger partial charge on any atom is -0.382 e. The molecule has 7 heteroatoms. The molecule has 0 bridgehead atoms. The van der Waals surface area contributed by atoms with E-state index in [9.17, 15) is 4.39 Å². The minimum atomic E-state index is -1.51. The third-order valence-electron chi connectivity index (χ3n) is 4.01. The topological polar surface area (TPSA) is 78.9 Å². The molecule has 0 spiro atoms. The summed E-state index contributed by atoms with van der Waals surface area (Å²) in [6, 6.07) is 0. The maximum atomic E-state index is 13.5. The number of fused-ring (bicyclic) bond motifs is 1. The molecule has 1 aliphatic heterocycles. The maximum Gasteiger partial charge on any atom is 0.312 e. The first kappa shape index (κ1) is 12.5. The number of imidazole rings is 1. The van der Waals surface area contributed by atoms with Crippen LogP contribution in [0.2, 0.25) is 0 Å². The summed E-state index contributed by atoms with van der Waals surface area (Å²) in [7, 11) is 0. The molecule has 2 aromatic rings. The molecule has 3 atom stereocenters. The zero-order valence-electron chi connectivity index (χ0n) is 12.8. The quantitative estimate of drug-likeness (QED) is 0.675. The number of nitrogens with two attached hydrogens (primary N) is 1. The van der Waals surface area contributed by atoms with Crippen LogP contribution in [0.5, 0.6) is 0 Å². The van der Waals surface area contributed by atoms with E-state index in [0.29, 0.717) is 12.8 Å². The van der Waals surface area contributed by atoms with E-state index in [4.69, 9.17) is 18.3 Å². The molecule has 6 nitrogen and oxygen atoms in total. The van der Waals surface area contributed by atoms with Gasteiger partial charge in [0.05, 0.1) is 7.70 Å². The number of hydrogen-bond donors (Lipinski definition) is 1. The van der Waals surface area contributed by atoms with Crippen LogP contribution in [0.15, 0.2) is 6.33 Å². The van der Waals surface area contributed by atoms with Gasteiger partial charge in [-0.15, -0.1) is 6.42 Å². The summed E-state index contributed by atoms with van der Waals surface area (Å²) in [6.45, 7) is 3.84. The van der Waals surface area contributed by atoms with E-state index in [2.05, 4.69) is 20.9 Å². The van der Waals surface area contributed by atoms with Crippen LogP contribution < -0.4 is 5.73 Å². The molecule has 3 heterocycles. The standard InChI is InChI=1S/C14H16FN5O/c1-4-14(5-2)8(3)6-9(21-14)20-7-17-10-11(16)18-13(15)19-12(10)20/h1,7-9H,5-6H2,2-3H3,(H2,16,18,19)/t8-,9+,14+/m0/s1/i9D. The zero-order valence-corrected chi connectivity index (χ0v) is 11.8. The smallest absolute Gasteiger partial charge is 0.312 e. The number of nitrogen functional groups attached to an aromatic ring is 1. The van der Waals surface area contributed by atoms with Crippen LogP contribution in [-0.4, -0.2) is 25.1 Å². The van der Waals surface area contributed by atoms with Gasteiger partial charge in [-0.3, -0.25) is 4.57 Å². The monoisotopic (exact) mass is 290 g/mol. The van der Waals surface area contributed by atoms with Gasteiger partial charge >= 0.3 is 6.08 Å². The Morgan fingerprint density at radius 1 is 1.71 bits per heavy atom. The van der Waals surface area contributed by atoms with E-state index in [-0.39, 0.29) is 22.9 Å². The van der Waals surface area contributed by atoms with Gasteiger partial charge in [0, 0.05) is 5.92 Å². The lowest BCUT2D eigenvalue weighted by atomic mass is 9.87. The summed E-state index contributed by atoms with van der Waals surface area (Å²) in [5, 5.41) is 0. The van der Waals surface area contributed by atoms with Crippen LogP contribution in [0.3, 0.4) is 0 Å². The van der Waals surface area contributed by atoms with Gasteiger partial charge in [-0.05, 0) is 12.8 Å². The number of anilines is 1. The van der Waals surface area contributed by atoms with Crippen molar-refractivity contribution in [3.8, 4) is 12.3 Å². The van der Waals surface area contributed by atoms with E-state index < -0.39 is 17.9 Å². The van der Waals surface area contributed by atoms with Gasteiger partial charge in [0.15, 0.2) is 17.0 Å². The number of rotatable bonds is 2. The third-order valence-corrected chi connectivity index (χ3v) is 4.01. The molecule has 0 saturated carbocycles. The van der Waals surface area contributed by atoms with Gasteiger partial charge in [-0.2, -0.15) is 14.4 Å². The Bertz CT molecular complexity index is 787. The first-order valence-corrected chi connectivity index (χ1v) is 6.69. The zero-order chi connectivity index (χ0) is 16.1. The van der Waals surface area contributed by atoms with Crippen molar-refractivity contribution in [1.29, 1.82) is 0 Å². The van der Waals surface area contributed by atoms with Crippen LogP contribution in [0.25, 0.3) is 11.2 Å². The number of ether oxygens (including phenoxy) is 1. The second kappa shape index (κ2) is 4.67. The molecule has 2 N–H and O–H groups in total. The van der Waals surface area contributed by atoms with Crippen molar-refractivity contribution in [2.24, 2.45) is 5.92 Å². The number of terminal acetylenes is 1. The van der Waals surface area contributed by atoms with Crippen LogP contribution in [0.4, 0.5) is 10.2 Å². The van der Waals surface area contributed by atoms with E-state index >= 15 is 0 Å². The fourth-order valence-electron chi connectivity index (χ4n) is 2.70. The molecule has 1 fully saturated rings. The molecule has 0 aliphatic carbocycles. The molecule has 0 amide bonds. The largest absolute Gasteiger partial charge is 0.382 e. The normalized spacial score (nSPS) is 33.0. The highest BCUT2D eigenvalue weighted by molar-refractivity contribution is 5.81. The molecular weight excluding hydrogens is 273 g/mol. The lowest BCUT2D eigenvalue weighted by Crippen LogP contribution is -2.31. The second-order valence-electron chi connectivity index (χ2n) is 5.15. The number of halogens is 1. The molecule has 21 heavy (non-hydrogen) atoms. The van der Waals surface area contributed by atoms with E-state index in [0.717, 1.165) is 0 Å². The predicted molar refractivity (Wildman–Crippen MR) is 75.5 cm³/mol.